The first-order chi connectivity index (χ1) is 9.97. The summed E-state index contributed by atoms with van der Waals surface area (Å²) in [5.74, 6) is 0.349. The summed E-state index contributed by atoms with van der Waals surface area (Å²) in [5.41, 5.74) is 1.47. The number of aromatic amines is 1. The van der Waals surface area contributed by atoms with E-state index in [1.165, 1.54) is 18.2 Å². The molecule has 0 saturated heterocycles. The number of fused-ring (bicyclic) bond motifs is 3. The van der Waals surface area contributed by atoms with E-state index in [0.717, 1.165) is 11.3 Å². The maximum absolute atomic E-state index is 12.1. The second-order valence-corrected chi connectivity index (χ2v) is 5.70. The third-order valence-corrected chi connectivity index (χ3v) is 4.00. The molecule has 1 atom stereocenters. The fourth-order valence-electron chi connectivity index (χ4n) is 2.75. The smallest absolute Gasteiger partial charge is 0.270 e. The Morgan fingerprint density at radius 3 is 2.81 bits per heavy atom. The van der Waals surface area contributed by atoms with E-state index in [1.54, 1.807) is 0 Å². The number of nitrogens with one attached hydrogen (secondary N) is 1. The van der Waals surface area contributed by atoms with Crippen LogP contribution in [-0.4, -0.2) is 16.0 Å². The number of pyridine rings is 1. The largest absolute Gasteiger partial charge is 0.373 e. The molecular formula is C15H16N2O4. The molecule has 1 N–H and O–H groups in total. The molecule has 0 spiro atoms. The minimum absolute atomic E-state index is 0.0127. The Morgan fingerprint density at radius 1 is 1.38 bits per heavy atom. The number of benzene rings is 1. The number of hydrogen-bond donors (Lipinski definition) is 1. The van der Waals surface area contributed by atoms with Crippen molar-refractivity contribution in [2.45, 2.75) is 33.0 Å². The van der Waals surface area contributed by atoms with Crippen LogP contribution in [0.4, 0.5) is 5.69 Å². The molecule has 0 radical (unpaired) electrons. The van der Waals surface area contributed by atoms with Crippen molar-refractivity contribution in [1.29, 1.82) is 0 Å². The number of nitro benzene ring substituents is 1. The third-order valence-electron chi connectivity index (χ3n) is 4.00. The first-order valence-electron chi connectivity index (χ1n) is 6.91. The summed E-state index contributed by atoms with van der Waals surface area (Å²) in [6.07, 6.45) is 0.685. The minimum atomic E-state index is -0.451. The average molecular weight is 288 g/mol. The molecule has 1 aliphatic heterocycles. The fraction of sp³-hybridized carbons (Fsp3) is 0.400. The van der Waals surface area contributed by atoms with Crippen LogP contribution in [-0.2, 0) is 17.8 Å². The Kier molecular flexibility index (Phi) is 3.25. The van der Waals surface area contributed by atoms with Gasteiger partial charge >= 0.3 is 0 Å². The van der Waals surface area contributed by atoms with Crippen LogP contribution >= 0.6 is 0 Å². The van der Waals surface area contributed by atoms with E-state index in [-0.39, 0.29) is 17.4 Å². The van der Waals surface area contributed by atoms with Gasteiger partial charge in [-0.3, -0.25) is 14.9 Å². The van der Waals surface area contributed by atoms with Gasteiger partial charge in [-0.25, -0.2) is 0 Å². The summed E-state index contributed by atoms with van der Waals surface area (Å²) < 4.78 is 5.82. The van der Waals surface area contributed by atoms with Crippen LogP contribution in [0, 0.1) is 16.0 Å². The van der Waals surface area contributed by atoms with Gasteiger partial charge in [0.2, 0.25) is 0 Å². The molecule has 6 nitrogen and oxygen atoms in total. The summed E-state index contributed by atoms with van der Waals surface area (Å²) >= 11 is 0. The van der Waals surface area contributed by atoms with Crippen LogP contribution in [0.15, 0.2) is 23.0 Å². The Morgan fingerprint density at radius 2 is 2.14 bits per heavy atom. The van der Waals surface area contributed by atoms with Crippen LogP contribution < -0.4 is 5.56 Å². The topological polar surface area (TPSA) is 85.2 Å². The van der Waals surface area contributed by atoms with Crippen LogP contribution in [0.3, 0.4) is 0 Å². The van der Waals surface area contributed by atoms with E-state index < -0.39 is 4.92 Å². The highest BCUT2D eigenvalue weighted by Gasteiger charge is 2.25. The van der Waals surface area contributed by atoms with Crippen molar-refractivity contribution in [3.05, 3.63) is 49.9 Å². The Balaban J connectivity index is 2.20. The van der Waals surface area contributed by atoms with Gasteiger partial charge in [-0.15, -0.1) is 0 Å². The predicted octanol–water partition coefficient (Wildman–Crippen LogP) is 2.53. The molecule has 0 aliphatic carbocycles. The molecule has 0 bridgehead atoms. The van der Waals surface area contributed by atoms with Crippen molar-refractivity contribution < 1.29 is 9.66 Å². The van der Waals surface area contributed by atoms with Gasteiger partial charge in [-0.1, -0.05) is 13.8 Å². The molecule has 1 aromatic carbocycles. The van der Waals surface area contributed by atoms with Gasteiger partial charge in [0.05, 0.1) is 17.6 Å². The third kappa shape index (κ3) is 2.31. The molecule has 110 valence electrons. The van der Waals surface area contributed by atoms with Crippen LogP contribution in [0.25, 0.3) is 10.8 Å². The Labute approximate surface area is 120 Å². The number of hydrogen-bond acceptors (Lipinski definition) is 4. The molecule has 1 aliphatic rings. The molecule has 2 aromatic rings. The standard InChI is InChI=1S/C15H16N2O4/c1-8(2)14-6-13-12(7-21-14)11-5-9(17(19)20)3-4-10(11)15(18)16-13/h3-5,8,14H,6-7H2,1-2H3,(H,16,18). The zero-order valence-electron chi connectivity index (χ0n) is 11.9. The SMILES string of the molecule is CC(C)C1Cc2[nH]c(=O)c3ccc([N+](=O)[O-])cc3c2CO1. The van der Waals surface area contributed by atoms with E-state index in [4.69, 9.17) is 4.74 Å². The lowest BCUT2D eigenvalue weighted by Crippen LogP contribution is -2.30. The van der Waals surface area contributed by atoms with Crippen molar-refractivity contribution in [1.82, 2.24) is 4.98 Å². The highest BCUT2D eigenvalue weighted by molar-refractivity contribution is 5.87. The summed E-state index contributed by atoms with van der Waals surface area (Å²) in [6, 6.07) is 4.31. The average Bonchev–Trinajstić information content (AvgIpc) is 2.46. The highest BCUT2D eigenvalue weighted by atomic mass is 16.6. The molecule has 6 heteroatoms. The van der Waals surface area contributed by atoms with Crippen molar-refractivity contribution >= 4 is 16.5 Å². The molecule has 0 saturated carbocycles. The minimum Gasteiger partial charge on any atom is -0.373 e. The monoisotopic (exact) mass is 288 g/mol. The highest BCUT2D eigenvalue weighted by Crippen LogP contribution is 2.29. The normalized spacial score (nSPS) is 18.0. The van der Waals surface area contributed by atoms with Crippen molar-refractivity contribution in [3.8, 4) is 0 Å². The van der Waals surface area contributed by atoms with Crippen LogP contribution in [0.1, 0.15) is 25.1 Å². The molecule has 0 amide bonds. The van der Waals surface area contributed by atoms with Gasteiger partial charge in [-0.05, 0) is 12.0 Å². The molecule has 0 fully saturated rings. The summed E-state index contributed by atoms with van der Waals surface area (Å²) in [7, 11) is 0. The van der Waals surface area contributed by atoms with E-state index >= 15 is 0 Å². The number of non-ortho nitro benzene ring substituents is 1. The van der Waals surface area contributed by atoms with E-state index in [2.05, 4.69) is 18.8 Å². The zero-order valence-corrected chi connectivity index (χ0v) is 11.9. The summed E-state index contributed by atoms with van der Waals surface area (Å²) in [5, 5.41) is 12.0. The van der Waals surface area contributed by atoms with Crippen molar-refractivity contribution in [3.63, 3.8) is 0 Å². The number of rotatable bonds is 2. The lowest BCUT2D eigenvalue weighted by atomic mass is 9.94. The predicted molar refractivity (Wildman–Crippen MR) is 78.3 cm³/mol. The lowest BCUT2D eigenvalue weighted by Gasteiger charge is -2.28. The first kappa shape index (κ1) is 13.8. The lowest BCUT2D eigenvalue weighted by molar-refractivity contribution is -0.384. The number of nitrogens with zero attached hydrogens (tertiary/aromatic N) is 1. The van der Waals surface area contributed by atoms with Crippen molar-refractivity contribution in [2.24, 2.45) is 5.92 Å². The van der Waals surface area contributed by atoms with Gasteiger partial charge in [0.25, 0.3) is 11.2 Å². The molecule has 1 unspecified atom stereocenters. The molecule has 3 rings (SSSR count). The van der Waals surface area contributed by atoms with Gasteiger partial charge in [0, 0.05) is 40.6 Å². The summed E-state index contributed by atoms with van der Waals surface area (Å²) in [4.78, 5) is 25.5. The maximum atomic E-state index is 12.1. The second kappa shape index (κ2) is 4.96. The zero-order chi connectivity index (χ0) is 15.1. The summed E-state index contributed by atoms with van der Waals surface area (Å²) in [6.45, 7) is 4.51. The van der Waals surface area contributed by atoms with Gasteiger partial charge < -0.3 is 9.72 Å². The number of nitro groups is 1. The van der Waals surface area contributed by atoms with Crippen LogP contribution in [0.2, 0.25) is 0 Å². The van der Waals surface area contributed by atoms with E-state index in [9.17, 15) is 14.9 Å². The Hall–Kier alpha value is -2.21. The molecule has 2 heterocycles. The van der Waals surface area contributed by atoms with Gasteiger partial charge in [-0.2, -0.15) is 0 Å². The second-order valence-electron chi connectivity index (χ2n) is 5.70. The molecule has 1 aromatic heterocycles. The van der Waals surface area contributed by atoms with Gasteiger partial charge in [0.15, 0.2) is 0 Å². The van der Waals surface area contributed by atoms with E-state index in [0.29, 0.717) is 29.7 Å². The van der Waals surface area contributed by atoms with E-state index in [1.807, 2.05) is 0 Å². The number of aromatic nitrogens is 1. The maximum Gasteiger partial charge on any atom is 0.270 e. The van der Waals surface area contributed by atoms with Gasteiger partial charge in [0.1, 0.15) is 0 Å². The number of ether oxygens (including phenoxy) is 1. The fourth-order valence-corrected chi connectivity index (χ4v) is 2.75. The number of H-pyrrole nitrogens is 1. The first-order valence-corrected chi connectivity index (χ1v) is 6.91. The van der Waals surface area contributed by atoms with Crippen molar-refractivity contribution in [2.75, 3.05) is 0 Å². The molecule has 21 heavy (non-hydrogen) atoms. The van der Waals surface area contributed by atoms with Crippen LogP contribution in [0.5, 0.6) is 0 Å². The molecular weight excluding hydrogens is 272 g/mol. The Bertz CT molecular complexity index is 779. The quantitative estimate of drug-likeness (QED) is 0.679.